The van der Waals surface area contributed by atoms with Gasteiger partial charge in [-0.3, -0.25) is 10.4 Å². The second-order valence-electron chi connectivity index (χ2n) is 3.29. The Morgan fingerprint density at radius 1 is 1.69 bits per heavy atom. The van der Waals surface area contributed by atoms with Crippen LogP contribution in [0, 0.1) is 0 Å². The predicted molar refractivity (Wildman–Crippen MR) is 64.0 cm³/mol. The van der Waals surface area contributed by atoms with Crippen LogP contribution in [0.5, 0.6) is 0 Å². The first-order valence-corrected chi connectivity index (χ1v) is 4.96. The topological polar surface area (TPSA) is 84.6 Å². The Kier molecular flexibility index (Phi) is 5.24. The molecule has 1 rings (SSSR count). The van der Waals surface area contributed by atoms with Crippen molar-refractivity contribution in [2.75, 3.05) is 19.0 Å². The Bertz CT molecular complexity index is 327. The number of aliphatic imine (C=N–C) groups is 1. The van der Waals surface area contributed by atoms with Gasteiger partial charge in [0.25, 0.3) is 0 Å². The van der Waals surface area contributed by atoms with Gasteiger partial charge >= 0.3 is 0 Å². The van der Waals surface area contributed by atoms with Crippen LogP contribution >= 0.6 is 0 Å². The molecule has 0 aliphatic heterocycles. The summed E-state index contributed by atoms with van der Waals surface area (Å²) in [6.07, 6.45) is 3.39. The van der Waals surface area contributed by atoms with Crippen LogP contribution in [-0.4, -0.2) is 30.7 Å². The summed E-state index contributed by atoms with van der Waals surface area (Å²) in [5.41, 5.74) is 3.32. The standard InChI is InChI=1S/C10H17N5O/c1-8(7-16-2)13-10(15-11)14-9-4-3-5-12-6-9/h3-6,8H,7,11H2,1-2H3,(H2,13,14,15). The summed E-state index contributed by atoms with van der Waals surface area (Å²) in [5, 5.41) is 3.01. The first kappa shape index (κ1) is 12.4. The van der Waals surface area contributed by atoms with Crippen LogP contribution in [0.4, 0.5) is 5.69 Å². The molecule has 88 valence electrons. The normalized spacial score (nSPS) is 13.3. The fourth-order valence-electron chi connectivity index (χ4n) is 1.18. The molecule has 0 bridgehead atoms. The van der Waals surface area contributed by atoms with Gasteiger partial charge in [-0.15, -0.1) is 0 Å². The van der Waals surface area contributed by atoms with E-state index < -0.39 is 0 Å². The van der Waals surface area contributed by atoms with Gasteiger partial charge in [0.2, 0.25) is 5.96 Å². The fraction of sp³-hybridized carbons (Fsp3) is 0.400. The molecule has 0 saturated heterocycles. The summed E-state index contributed by atoms with van der Waals surface area (Å²) in [6.45, 7) is 2.48. The second kappa shape index (κ2) is 6.76. The van der Waals surface area contributed by atoms with Gasteiger partial charge in [-0.2, -0.15) is 0 Å². The van der Waals surface area contributed by atoms with Crippen molar-refractivity contribution in [3.8, 4) is 0 Å². The number of aromatic nitrogens is 1. The summed E-state index contributed by atoms with van der Waals surface area (Å²) in [6, 6.07) is 3.73. The van der Waals surface area contributed by atoms with E-state index in [0.717, 1.165) is 5.69 Å². The highest BCUT2D eigenvalue weighted by Gasteiger charge is 2.02. The lowest BCUT2D eigenvalue weighted by molar-refractivity contribution is 0.185. The van der Waals surface area contributed by atoms with Crippen LogP contribution in [0.25, 0.3) is 0 Å². The lowest BCUT2D eigenvalue weighted by Crippen LogP contribution is -2.37. The summed E-state index contributed by atoms with van der Waals surface area (Å²) < 4.78 is 4.98. The Morgan fingerprint density at radius 3 is 3.06 bits per heavy atom. The molecule has 1 atom stereocenters. The molecule has 0 aromatic carbocycles. The molecule has 0 aliphatic carbocycles. The predicted octanol–water partition coefficient (Wildman–Crippen LogP) is 0.348. The Morgan fingerprint density at radius 2 is 2.50 bits per heavy atom. The van der Waals surface area contributed by atoms with E-state index in [1.165, 1.54) is 0 Å². The molecule has 0 fully saturated rings. The van der Waals surface area contributed by atoms with Gasteiger partial charge in [-0.1, -0.05) is 0 Å². The number of guanidine groups is 1. The molecule has 0 amide bonds. The number of nitrogens with one attached hydrogen (secondary N) is 2. The first-order chi connectivity index (χ1) is 7.76. The van der Waals surface area contributed by atoms with Crippen molar-refractivity contribution in [1.29, 1.82) is 0 Å². The smallest absolute Gasteiger partial charge is 0.210 e. The van der Waals surface area contributed by atoms with Gasteiger partial charge in [0.1, 0.15) is 0 Å². The third kappa shape index (κ3) is 4.24. The average molecular weight is 223 g/mol. The Labute approximate surface area is 94.9 Å². The minimum absolute atomic E-state index is 0.0280. The lowest BCUT2D eigenvalue weighted by atomic mass is 10.4. The minimum Gasteiger partial charge on any atom is -0.382 e. The number of nitrogens with zero attached hydrogens (tertiary/aromatic N) is 2. The van der Waals surface area contributed by atoms with E-state index in [-0.39, 0.29) is 6.04 Å². The zero-order valence-electron chi connectivity index (χ0n) is 9.47. The van der Waals surface area contributed by atoms with Crippen LogP contribution < -0.4 is 16.6 Å². The van der Waals surface area contributed by atoms with Crippen molar-refractivity contribution in [1.82, 2.24) is 10.4 Å². The van der Waals surface area contributed by atoms with E-state index >= 15 is 0 Å². The number of hydrogen-bond donors (Lipinski definition) is 3. The van der Waals surface area contributed by atoms with Crippen molar-refractivity contribution in [2.24, 2.45) is 10.8 Å². The fourth-order valence-corrected chi connectivity index (χ4v) is 1.18. The summed E-state index contributed by atoms with van der Waals surface area (Å²) in [4.78, 5) is 8.27. The molecule has 4 N–H and O–H groups in total. The number of rotatable bonds is 4. The van der Waals surface area contributed by atoms with Crippen molar-refractivity contribution in [3.63, 3.8) is 0 Å². The maximum Gasteiger partial charge on any atom is 0.210 e. The highest BCUT2D eigenvalue weighted by molar-refractivity contribution is 5.93. The van der Waals surface area contributed by atoms with Gasteiger partial charge in [-0.05, 0) is 19.1 Å². The van der Waals surface area contributed by atoms with Crippen molar-refractivity contribution in [3.05, 3.63) is 24.5 Å². The van der Waals surface area contributed by atoms with E-state index in [0.29, 0.717) is 12.6 Å². The number of ether oxygens (including phenoxy) is 1. The summed E-state index contributed by atoms with van der Waals surface area (Å²) in [5.74, 6) is 5.84. The molecular weight excluding hydrogens is 206 g/mol. The Balaban J connectivity index is 2.61. The summed E-state index contributed by atoms with van der Waals surface area (Å²) in [7, 11) is 1.64. The van der Waals surface area contributed by atoms with Crippen LogP contribution in [0.1, 0.15) is 6.92 Å². The van der Waals surface area contributed by atoms with E-state index in [1.807, 2.05) is 19.1 Å². The van der Waals surface area contributed by atoms with Gasteiger partial charge in [0.05, 0.1) is 24.5 Å². The van der Waals surface area contributed by atoms with Gasteiger partial charge < -0.3 is 10.1 Å². The molecule has 1 aromatic rings. The van der Waals surface area contributed by atoms with E-state index in [2.05, 4.69) is 20.7 Å². The highest BCUT2D eigenvalue weighted by atomic mass is 16.5. The lowest BCUT2D eigenvalue weighted by Gasteiger charge is -2.11. The van der Waals surface area contributed by atoms with Crippen molar-refractivity contribution in [2.45, 2.75) is 13.0 Å². The quantitative estimate of drug-likeness (QED) is 0.297. The molecule has 0 radical (unpaired) electrons. The number of nitrogens with two attached hydrogens (primary N) is 1. The third-order valence-corrected chi connectivity index (χ3v) is 1.82. The van der Waals surface area contributed by atoms with Gasteiger partial charge in [0.15, 0.2) is 0 Å². The number of methoxy groups -OCH3 is 1. The van der Waals surface area contributed by atoms with Crippen molar-refractivity contribution >= 4 is 11.6 Å². The molecule has 1 unspecified atom stereocenters. The molecular formula is C10H17N5O. The van der Waals surface area contributed by atoms with Gasteiger partial charge in [0, 0.05) is 13.3 Å². The maximum absolute atomic E-state index is 5.36. The van der Waals surface area contributed by atoms with Crippen LogP contribution in [-0.2, 0) is 4.74 Å². The molecule has 1 heterocycles. The maximum atomic E-state index is 5.36. The minimum atomic E-state index is 0.0280. The van der Waals surface area contributed by atoms with Crippen LogP contribution in [0.3, 0.4) is 0 Å². The highest BCUT2D eigenvalue weighted by Crippen LogP contribution is 2.02. The molecule has 1 aromatic heterocycles. The number of hydrogen-bond acceptors (Lipinski definition) is 4. The van der Waals surface area contributed by atoms with E-state index in [9.17, 15) is 0 Å². The van der Waals surface area contributed by atoms with Crippen LogP contribution in [0.2, 0.25) is 0 Å². The average Bonchev–Trinajstić information content (AvgIpc) is 2.30. The molecule has 0 spiro atoms. The zero-order chi connectivity index (χ0) is 11.8. The number of anilines is 1. The zero-order valence-corrected chi connectivity index (χ0v) is 9.47. The SMILES string of the molecule is COCC(C)N=C(NN)Nc1cccnc1. The largest absolute Gasteiger partial charge is 0.382 e. The third-order valence-electron chi connectivity index (χ3n) is 1.82. The first-order valence-electron chi connectivity index (χ1n) is 4.96. The molecule has 6 heteroatoms. The Hall–Kier alpha value is -1.66. The molecule has 6 nitrogen and oxygen atoms in total. The number of pyridine rings is 1. The molecule has 0 aliphatic rings. The number of hydrazine groups is 1. The van der Waals surface area contributed by atoms with E-state index in [1.54, 1.807) is 19.5 Å². The molecule has 16 heavy (non-hydrogen) atoms. The second-order valence-corrected chi connectivity index (χ2v) is 3.29. The molecule has 0 saturated carbocycles. The summed E-state index contributed by atoms with van der Waals surface area (Å²) >= 11 is 0. The van der Waals surface area contributed by atoms with Crippen molar-refractivity contribution < 1.29 is 4.74 Å². The van der Waals surface area contributed by atoms with Gasteiger partial charge in [-0.25, -0.2) is 10.8 Å². The van der Waals surface area contributed by atoms with Crippen LogP contribution in [0.15, 0.2) is 29.5 Å². The van der Waals surface area contributed by atoms with E-state index in [4.69, 9.17) is 10.6 Å². The monoisotopic (exact) mass is 223 g/mol.